The summed E-state index contributed by atoms with van der Waals surface area (Å²) in [6.07, 6.45) is 0.134. The molecule has 0 aliphatic carbocycles. The van der Waals surface area contributed by atoms with Crippen LogP contribution in [-0.4, -0.2) is 13.2 Å². The van der Waals surface area contributed by atoms with E-state index in [0.29, 0.717) is 0 Å². The van der Waals surface area contributed by atoms with E-state index >= 15 is 0 Å². The van der Waals surface area contributed by atoms with Crippen molar-refractivity contribution in [2.75, 3.05) is 12.4 Å². The molecular formula is C17H20INO2. The Hall–Kier alpha value is -1.43. The van der Waals surface area contributed by atoms with Crippen LogP contribution in [0.25, 0.3) is 0 Å². The predicted molar refractivity (Wildman–Crippen MR) is 95.2 cm³/mol. The first-order chi connectivity index (χ1) is 10.1. The molecule has 0 heterocycles. The van der Waals surface area contributed by atoms with E-state index in [9.17, 15) is 0 Å². The van der Waals surface area contributed by atoms with Crippen LogP contribution in [0.4, 0.5) is 5.69 Å². The van der Waals surface area contributed by atoms with E-state index in [2.05, 4.69) is 58.2 Å². The number of anilines is 1. The van der Waals surface area contributed by atoms with E-state index in [4.69, 9.17) is 9.47 Å². The van der Waals surface area contributed by atoms with Crippen molar-refractivity contribution in [2.24, 2.45) is 0 Å². The number of methoxy groups -OCH3 is 1. The minimum absolute atomic E-state index is 0.134. The van der Waals surface area contributed by atoms with E-state index in [-0.39, 0.29) is 6.10 Å². The summed E-state index contributed by atoms with van der Waals surface area (Å²) in [4.78, 5) is 0. The highest BCUT2D eigenvalue weighted by Crippen LogP contribution is 2.29. The van der Waals surface area contributed by atoms with Crippen molar-refractivity contribution in [1.82, 2.24) is 0 Å². The van der Waals surface area contributed by atoms with E-state index in [1.165, 1.54) is 3.57 Å². The average molecular weight is 397 g/mol. The van der Waals surface area contributed by atoms with Gasteiger partial charge >= 0.3 is 0 Å². The molecule has 21 heavy (non-hydrogen) atoms. The molecule has 0 radical (unpaired) electrons. The molecule has 2 aromatic rings. The van der Waals surface area contributed by atoms with Gasteiger partial charge in [0.25, 0.3) is 0 Å². The first kappa shape index (κ1) is 15.9. The van der Waals surface area contributed by atoms with E-state index in [1.807, 2.05) is 26.0 Å². The van der Waals surface area contributed by atoms with Gasteiger partial charge in [-0.1, -0.05) is 6.07 Å². The van der Waals surface area contributed by atoms with Gasteiger partial charge in [-0.15, -0.1) is 0 Å². The molecule has 0 spiro atoms. The third-order valence-electron chi connectivity index (χ3n) is 2.93. The van der Waals surface area contributed by atoms with Crippen LogP contribution in [0.2, 0.25) is 0 Å². The van der Waals surface area contributed by atoms with Gasteiger partial charge in [0, 0.05) is 15.8 Å². The second-order valence-corrected chi connectivity index (χ2v) is 6.26. The Labute approximate surface area is 139 Å². The zero-order chi connectivity index (χ0) is 15.2. The normalized spacial score (nSPS) is 10.5. The first-order valence-electron chi connectivity index (χ1n) is 6.91. The van der Waals surface area contributed by atoms with Gasteiger partial charge in [-0.3, -0.25) is 0 Å². The molecule has 0 saturated heterocycles. The standard InChI is InChI=1S/C17H20INO2/c1-12(2)21-16-9-4-13(10-17(16)20-3)11-19-15-7-5-14(18)6-8-15/h4-10,12,19H,11H2,1-3H3. The quantitative estimate of drug-likeness (QED) is 0.717. The summed E-state index contributed by atoms with van der Waals surface area (Å²) in [7, 11) is 1.67. The molecule has 3 nitrogen and oxygen atoms in total. The van der Waals surface area contributed by atoms with Crippen molar-refractivity contribution in [3.05, 3.63) is 51.6 Å². The fraction of sp³-hybridized carbons (Fsp3) is 0.294. The maximum absolute atomic E-state index is 5.72. The summed E-state index contributed by atoms with van der Waals surface area (Å²) < 4.78 is 12.4. The third kappa shape index (κ3) is 4.81. The molecule has 0 saturated carbocycles. The lowest BCUT2D eigenvalue weighted by molar-refractivity contribution is 0.230. The van der Waals surface area contributed by atoms with Gasteiger partial charge in [0.15, 0.2) is 11.5 Å². The zero-order valence-electron chi connectivity index (χ0n) is 12.5. The van der Waals surface area contributed by atoms with Gasteiger partial charge in [0.05, 0.1) is 13.2 Å². The van der Waals surface area contributed by atoms with Crippen molar-refractivity contribution in [3.8, 4) is 11.5 Å². The number of benzene rings is 2. The van der Waals surface area contributed by atoms with Gasteiger partial charge in [-0.25, -0.2) is 0 Å². The topological polar surface area (TPSA) is 30.5 Å². The molecule has 0 unspecified atom stereocenters. The fourth-order valence-electron chi connectivity index (χ4n) is 1.95. The van der Waals surface area contributed by atoms with Crippen molar-refractivity contribution in [3.63, 3.8) is 0 Å². The summed E-state index contributed by atoms with van der Waals surface area (Å²) in [5.41, 5.74) is 2.26. The first-order valence-corrected chi connectivity index (χ1v) is 7.99. The summed E-state index contributed by atoms with van der Waals surface area (Å²) in [5, 5.41) is 3.40. The Kier molecular flexibility index (Phi) is 5.73. The van der Waals surface area contributed by atoms with Crippen molar-refractivity contribution in [2.45, 2.75) is 26.5 Å². The Morgan fingerprint density at radius 1 is 1.05 bits per heavy atom. The van der Waals surface area contributed by atoms with Crippen LogP contribution in [-0.2, 0) is 6.54 Å². The molecule has 0 aromatic heterocycles. The largest absolute Gasteiger partial charge is 0.493 e. The van der Waals surface area contributed by atoms with Gasteiger partial charge in [-0.2, -0.15) is 0 Å². The van der Waals surface area contributed by atoms with Gasteiger partial charge in [0.1, 0.15) is 0 Å². The van der Waals surface area contributed by atoms with Crippen LogP contribution in [0.5, 0.6) is 11.5 Å². The lowest BCUT2D eigenvalue weighted by Gasteiger charge is -2.15. The maximum atomic E-state index is 5.72. The smallest absolute Gasteiger partial charge is 0.161 e. The number of ether oxygens (including phenoxy) is 2. The van der Waals surface area contributed by atoms with Crippen LogP contribution < -0.4 is 14.8 Å². The Morgan fingerprint density at radius 3 is 2.38 bits per heavy atom. The van der Waals surface area contributed by atoms with Gasteiger partial charge in [-0.05, 0) is 78.4 Å². The highest BCUT2D eigenvalue weighted by Gasteiger charge is 2.07. The minimum Gasteiger partial charge on any atom is -0.493 e. The van der Waals surface area contributed by atoms with Crippen LogP contribution in [0.1, 0.15) is 19.4 Å². The zero-order valence-corrected chi connectivity index (χ0v) is 14.7. The Bertz CT molecular complexity index is 582. The molecule has 0 aliphatic heterocycles. The summed E-state index contributed by atoms with van der Waals surface area (Å²) in [6.45, 7) is 4.76. The fourth-order valence-corrected chi connectivity index (χ4v) is 2.30. The summed E-state index contributed by atoms with van der Waals surface area (Å²) in [6, 6.07) is 14.4. The lowest BCUT2D eigenvalue weighted by atomic mass is 10.2. The summed E-state index contributed by atoms with van der Waals surface area (Å²) in [5.74, 6) is 1.55. The predicted octanol–water partition coefficient (Wildman–Crippen LogP) is 4.70. The third-order valence-corrected chi connectivity index (χ3v) is 3.65. The lowest BCUT2D eigenvalue weighted by Crippen LogP contribution is -2.07. The van der Waals surface area contributed by atoms with Crippen LogP contribution in [0, 0.1) is 3.57 Å². The van der Waals surface area contributed by atoms with Crippen molar-refractivity contribution >= 4 is 28.3 Å². The number of halogens is 1. The molecule has 0 amide bonds. The van der Waals surface area contributed by atoms with Crippen LogP contribution in [0.15, 0.2) is 42.5 Å². The molecule has 1 N–H and O–H groups in total. The monoisotopic (exact) mass is 397 g/mol. The Balaban J connectivity index is 2.05. The second-order valence-electron chi connectivity index (χ2n) is 5.01. The van der Waals surface area contributed by atoms with Crippen LogP contribution >= 0.6 is 22.6 Å². The Morgan fingerprint density at radius 2 is 1.76 bits per heavy atom. The summed E-state index contributed by atoms with van der Waals surface area (Å²) >= 11 is 2.30. The number of rotatable bonds is 6. The van der Waals surface area contributed by atoms with E-state index in [1.54, 1.807) is 7.11 Å². The number of hydrogen-bond acceptors (Lipinski definition) is 3. The molecule has 0 fully saturated rings. The molecular weight excluding hydrogens is 377 g/mol. The van der Waals surface area contributed by atoms with Gasteiger partial charge in [0.2, 0.25) is 0 Å². The molecule has 0 atom stereocenters. The second kappa shape index (κ2) is 7.54. The maximum Gasteiger partial charge on any atom is 0.161 e. The van der Waals surface area contributed by atoms with Gasteiger partial charge < -0.3 is 14.8 Å². The van der Waals surface area contributed by atoms with E-state index in [0.717, 1.165) is 29.3 Å². The van der Waals surface area contributed by atoms with Crippen molar-refractivity contribution in [1.29, 1.82) is 0 Å². The number of hydrogen-bond donors (Lipinski definition) is 1. The molecule has 112 valence electrons. The molecule has 4 heteroatoms. The molecule has 0 aliphatic rings. The minimum atomic E-state index is 0.134. The van der Waals surface area contributed by atoms with E-state index < -0.39 is 0 Å². The van der Waals surface area contributed by atoms with Crippen molar-refractivity contribution < 1.29 is 9.47 Å². The molecule has 0 bridgehead atoms. The highest BCUT2D eigenvalue weighted by molar-refractivity contribution is 14.1. The van der Waals surface area contributed by atoms with Crippen LogP contribution in [0.3, 0.4) is 0 Å². The average Bonchev–Trinajstić information content (AvgIpc) is 2.47. The highest BCUT2D eigenvalue weighted by atomic mass is 127. The molecule has 2 rings (SSSR count). The SMILES string of the molecule is COc1cc(CNc2ccc(I)cc2)ccc1OC(C)C. The molecule has 2 aromatic carbocycles. The number of nitrogens with one attached hydrogen (secondary N) is 1.